The summed E-state index contributed by atoms with van der Waals surface area (Å²) in [6.45, 7) is 12.3. The van der Waals surface area contributed by atoms with Crippen LogP contribution in [0.1, 0.15) is 56.6 Å². The summed E-state index contributed by atoms with van der Waals surface area (Å²) in [7, 11) is 0. The molecule has 1 aromatic carbocycles. The zero-order valence-corrected chi connectivity index (χ0v) is 16.4. The second kappa shape index (κ2) is 8.37. The molecule has 6 nitrogen and oxygen atoms in total. The Labute approximate surface area is 159 Å². The maximum atomic E-state index is 12.2. The van der Waals surface area contributed by atoms with Crippen LogP contribution in [0.3, 0.4) is 0 Å². The summed E-state index contributed by atoms with van der Waals surface area (Å²) in [5.74, 6) is -0.911. The van der Waals surface area contributed by atoms with Crippen molar-refractivity contribution in [1.29, 1.82) is 0 Å². The van der Waals surface area contributed by atoms with E-state index in [9.17, 15) is 14.4 Å². The minimum Gasteiger partial charge on any atom is -0.481 e. The lowest BCUT2D eigenvalue weighted by Crippen LogP contribution is -2.29. The van der Waals surface area contributed by atoms with Gasteiger partial charge in [-0.15, -0.1) is 0 Å². The first-order valence-electron chi connectivity index (χ1n) is 8.98. The molecule has 0 radical (unpaired) electrons. The van der Waals surface area contributed by atoms with Crippen molar-refractivity contribution in [2.45, 2.75) is 46.8 Å². The highest BCUT2D eigenvalue weighted by Crippen LogP contribution is 2.42. The molecule has 0 aliphatic carbocycles. The largest absolute Gasteiger partial charge is 0.481 e. The molecule has 0 fully saturated rings. The molecule has 2 atom stereocenters. The Morgan fingerprint density at radius 1 is 1.11 bits per heavy atom. The van der Waals surface area contributed by atoms with Crippen LogP contribution in [0.25, 0.3) is 0 Å². The highest BCUT2D eigenvalue weighted by atomic mass is 16.6. The second-order valence-corrected chi connectivity index (χ2v) is 7.28. The third-order valence-electron chi connectivity index (χ3n) is 4.24. The number of benzene rings is 1. The highest BCUT2D eigenvalue weighted by Gasteiger charge is 2.40. The number of rotatable bonds is 7. The third-order valence-corrected chi connectivity index (χ3v) is 4.24. The average molecular weight is 374 g/mol. The van der Waals surface area contributed by atoms with Gasteiger partial charge in [0.1, 0.15) is 12.4 Å². The molecule has 27 heavy (non-hydrogen) atoms. The molecule has 1 aliphatic rings. The number of hydrogen-bond donors (Lipinski definition) is 0. The molecule has 6 heteroatoms. The van der Waals surface area contributed by atoms with E-state index in [0.717, 1.165) is 0 Å². The van der Waals surface area contributed by atoms with Gasteiger partial charge in [0.05, 0.1) is 11.8 Å². The van der Waals surface area contributed by atoms with Crippen LogP contribution in [0, 0.1) is 11.8 Å². The van der Waals surface area contributed by atoms with Crippen molar-refractivity contribution in [3.05, 3.63) is 41.5 Å². The first-order valence-corrected chi connectivity index (χ1v) is 8.98. The first-order chi connectivity index (χ1) is 12.6. The summed E-state index contributed by atoms with van der Waals surface area (Å²) in [6.07, 6.45) is -1.40. The molecule has 1 aliphatic heterocycles. The van der Waals surface area contributed by atoms with Crippen molar-refractivity contribution in [3.8, 4) is 5.75 Å². The number of fused-ring (bicyclic) bond motifs is 1. The number of carbonyl (C=O) groups is 3. The first kappa shape index (κ1) is 20.7. The van der Waals surface area contributed by atoms with Crippen LogP contribution in [0.2, 0.25) is 0 Å². The van der Waals surface area contributed by atoms with Crippen molar-refractivity contribution in [2.75, 3.05) is 6.61 Å². The Kier molecular flexibility index (Phi) is 6.41. The fraction of sp³-hybridized carbons (Fsp3) is 0.476. The Morgan fingerprint density at radius 3 is 2.30 bits per heavy atom. The fourth-order valence-electron chi connectivity index (χ4n) is 2.55. The molecule has 0 unspecified atom stereocenters. The number of Topliss-reactive ketones (excluding diaryl/α,β-unsaturated/α-hetero) is 1. The van der Waals surface area contributed by atoms with Crippen molar-refractivity contribution in [2.24, 2.45) is 11.8 Å². The third kappa shape index (κ3) is 4.76. The number of ketones is 1. The van der Waals surface area contributed by atoms with Gasteiger partial charge in [0.15, 0.2) is 18.0 Å². The summed E-state index contributed by atoms with van der Waals surface area (Å²) in [5.41, 5.74) is 1.64. The number of hydrogen-bond acceptors (Lipinski definition) is 6. The molecular formula is C21H26O6. The number of ether oxygens (including phenoxy) is 3. The van der Waals surface area contributed by atoms with Gasteiger partial charge in [-0.25, -0.2) is 0 Å². The number of carbonyl (C=O) groups excluding carboxylic acids is 3. The van der Waals surface area contributed by atoms with E-state index in [1.165, 1.54) is 6.92 Å². The van der Waals surface area contributed by atoms with Crippen molar-refractivity contribution in [3.63, 3.8) is 0 Å². The van der Waals surface area contributed by atoms with E-state index in [0.29, 0.717) is 22.4 Å². The Balaban J connectivity index is 2.26. The standard InChI is InChI=1S/C21H26O6/c1-11(2)20(23)25-10-13(5)18-19(27-21(24)12(3)4)16-8-7-15(14(6)22)9-17(16)26-18/h7-9,11-12,18-19H,5,10H2,1-4,6H3/t18-,19+/m0/s1. The SMILES string of the molecule is C=C(COC(=O)C(C)C)[C@@H]1Oc2cc(C(C)=O)ccc2[C@H]1OC(=O)C(C)C. The molecule has 0 saturated carbocycles. The zero-order chi connectivity index (χ0) is 20.3. The minimum absolute atomic E-state index is 0.0367. The van der Waals surface area contributed by atoms with Gasteiger partial charge in [-0.1, -0.05) is 46.4 Å². The van der Waals surface area contributed by atoms with Gasteiger partial charge in [-0.05, 0) is 13.0 Å². The molecule has 0 spiro atoms. The highest BCUT2D eigenvalue weighted by molar-refractivity contribution is 5.94. The van der Waals surface area contributed by atoms with Crippen molar-refractivity contribution in [1.82, 2.24) is 0 Å². The second-order valence-electron chi connectivity index (χ2n) is 7.28. The van der Waals surface area contributed by atoms with Crippen LogP contribution < -0.4 is 4.74 Å². The van der Waals surface area contributed by atoms with Crippen LogP contribution >= 0.6 is 0 Å². The van der Waals surface area contributed by atoms with Gasteiger partial charge >= 0.3 is 11.9 Å². The quantitative estimate of drug-likeness (QED) is 0.412. The summed E-state index contributed by atoms with van der Waals surface area (Å²) in [6, 6.07) is 5.02. The normalized spacial score (nSPS) is 18.0. The molecule has 0 amide bonds. The summed E-state index contributed by atoms with van der Waals surface area (Å²) in [5, 5.41) is 0. The molecular weight excluding hydrogens is 348 g/mol. The van der Waals surface area contributed by atoms with E-state index in [1.807, 2.05) is 0 Å². The topological polar surface area (TPSA) is 78.9 Å². The monoisotopic (exact) mass is 374 g/mol. The maximum absolute atomic E-state index is 12.2. The van der Waals surface area contributed by atoms with E-state index in [2.05, 4.69) is 6.58 Å². The summed E-state index contributed by atoms with van der Waals surface area (Å²) < 4.78 is 16.8. The summed E-state index contributed by atoms with van der Waals surface area (Å²) in [4.78, 5) is 35.5. The molecule has 146 valence electrons. The Morgan fingerprint density at radius 2 is 1.74 bits per heavy atom. The van der Waals surface area contributed by atoms with Crippen molar-refractivity contribution < 1.29 is 28.6 Å². The molecule has 2 rings (SSSR count). The molecule has 0 N–H and O–H groups in total. The molecule has 0 aromatic heterocycles. The Hall–Kier alpha value is -2.63. The lowest BCUT2D eigenvalue weighted by atomic mass is 9.99. The van der Waals surface area contributed by atoms with Gasteiger partial charge in [0.25, 0.3) is 0 Å². The van der Waals surface area contributed by atoms with E-state index < -0.39 is 12.2 Å². The predicted molar refractivity (Wildman–Crippen MR) is 99.5 cm³/mol. The van der Waals surface area contributed by atoms with Crippen LogP contribution in [0.5, 0.6) is 5.75 Å². The van der Waals surface area contributed by atoms with E-state index in [1.54, 1.807) is 45.9 Å². The fourth-order valence-corrected chi connectivity index (χ4v) is 2.55. The number of esters is 2. The van der Waals surface area contributed by atoms with E-state index >= 15 is 0 Å². The molecule has 1 heterocycles. The molecule has 0 bridgehead atoms. The lowest BCUT2D eigenvalue weighted by molar-refractivity contribution is -0.156. The zero-order valence-electron chi connectivity index (χ0n) is 16.4. The van der Waals surface area contributed by atoms with Gasteiger partial charge in [0.2, 0.25) is 0 Å². The minimum atomic E-state index is -0.707. The predicted octanol–water partition coefficient (Wildman–Crippen LogP) is 3.65. The van der Waals surface area contributed by atoms with E-state index in [4.69, 9.17) is 14.2 Å². The maximum Gasteiger partial charge on any atom is 0.309 e. The van der Waals surface area contributed by atoms with Gasteiger partial charge in [0, 0.05) is 16.7 Å². The van der Waals surface area contributed by atoms with Gasteiger partial charge in [-0.3, -0.25) is 14.4 Å². The van der Waals surface area contributed by atoms with Crippen LogP contribution in [0.4, 0.5) is 0 Å². The van der Waals surface area contributed by atoms with Crippen molar-refractivity contribution >= 4 is 17.7 Å². The molecule has 0 saturated heterocycles. The smallest absolute Gasteiger partial charge is 0.309 e. The van der Waals surface area contributed by atoms with Crippen LogP contribution in [-0.2, 0) is 19.1 Å². The average Bonchev–Trinajstić information content (AvgIpc) is 2.96. The lowest BCUT2D eigenvalue weighted by Gasteiger charge is -2.22. The molecule has 1 aromatic rings. The van der Waals surface area contributed by atoms with Gasteiger partial charge < -0.3 is 14.2 Å². The van der Waals surface area contributed by atoms with Gasteiger partial charge in [-0.2, -0.15) is 0 Å². The Bertz CT molecular complexity index is 762. The van der Waals surface area contributed by atoms with E-state index in [-0.39, 0.29) is 36.2 Å². The van der Waals surface area contributed by atoms with Crippen LogP contribution in [-0.4, -0.2) is 30.4 Å². The van der Waals surface area contributed by atoms with Crippen LogP contribution in [0.15, 0.2) is 30.4 Å². The summed E-state index contributed by atoms with van der Waals surface area (Å²) >= 11 is 0.